The molecule has 3 rings (SSSR count). The minimum Gasteiger partial charge on any atom is -0.482 e. The Labute approximate surface area is 118 Å². The molecule has 1 saturated heterocycles. The van der Waals surface area contributed by atoms with E-state index in [2.05, 4.69) is 21.2 Å². The number of nitrogens with one attached hydrogen (secondary N) is 1. The predicted molar refractivity (Wildman–Crippen MR) is 78.3 cm³/mol. The van der Waals surface area contributed by atoms with Crippen LogP contribution in [0.5, 0.6) is 5.75 Å². The Morgan fingerprint density at radius 2 is 2.05 bits per heavy atom. The Morgan fingerprint density at radius 1 is 1.25 bits per heavy atom. The topological polar surface area (TPSA) is 70.8 Å². The van der Waals surface area contributed by atoms with Gasteiger partial charge in [-0.15, -0.1) is 0 Å². The molecule has 1 amide bonds. The smallest absolute Gasteiger partial charge is 0.262 e. The second-order valence-electron chi connectivity index (χ2n) is 5.13. The number of piperazine rings is 1. The van der Waals surface area contributed by atoms with Crippen molar-refractivity contribution < 1.29 is 9.53 Å². The molecule has 0 unspecified atom stereocenters. The number of ether oxygens (including phenoxy) is 1. The van der Waals surface area contributed by atoms with Crippen molar-refractivity contribution in [2.75, 3.05) is 56.1 Å². The summed E-state index contributed by atoms with van der Waals surface area (Å²) in [6, 6.07) is 5.97. The molecule has 0 spiro atoms. The lowest BCUT2D eigenvalue weighted by Crippen LogP contribution is -2.47. The fourth-order valence-corrected chi connectivity index (χ4v) is 2.68. The normalized spacial score (nSPS) is 19.2. The highest BCUT2D eigenvalue weighted by atomic mass is 16.5. The van der Waals surface area contributed by atoms with Crippen molar-refractivity contribution in [2.24, 2.45) is 5.73 Å². The largest absolute Gasteiger partial charge is 0.482 e. The maximum atomic E-state index is 11.4. The minimum absolute atomic E-state index is 0.0950. The summed E-state index contributed by atoms with van der Waals surface area (Å²) in [5.74, 6) is 0.650. The Bertz CT molecular complexity index is 498. The molecule has 0 aliphatic carbocycles. The molecule has 0 aromatic heterocycles. The summed E-state index contributed by atoms with van der Waals surface area (Å²) in [4.78, 5) is 16.1. The molecule has 0 bridgehead atoms. The summed E-state index contributed by atoms with van der Waals surface area (Å²) in [6.45, 7) is 5.78. The first-order chi connectivity index (χ1) is 9.76. The van der Waals surface area contributed by atoms with Gasteiger partial charge in [-0.3, -0.25) is 9.69 Å². The number of hydrogen-bond acceptors (Lipinski definition) is 5. The second-order valence-corrected chi connectivity index (χ2v) is 5.13. The van der Waals surface area contributed by atoms with Gasteiger partial charge >= 0.3 is 0 Å². The number of nitrogens with two attached hydrogens (primary N) is 1. The quantitative estimate of drug-likeness (QED) is 0.819. The summed E-state index contributed by atoms with van der Waals surface area (Å²) in [5.41, 5.74) is 7.48. The van der Waals surface area contributed by atoms with Crippen molar-refractivity contribution in [2.45, 2.75) is 0 Å². The molecule has 2 heterocycles. The van der Waals surface area contributed by atoms with E-state index in [-0.39, 0.29) is 12.5 Å². The number of rotatable bonds is 3. The number of carbonyl (C=O) groups is 1. The molecule has 0 saturated carbocycles. The van der Waals surface area contributed by atoms with Crippen LogP contribution in [-0.4, -0.2) is 56.7 Å². The molecule has 2 aliphatic heterocycles. The molecule has 108 valence electrons. The molecule has 0 atom stereocenters. The zero-order valence-corrected chi connectivity index (χ0v) is 11.5. The fraction of sp³-hybridized carbons (Fsp3) is 0.500. The predicted octanol–water partition coefficient (Wildman–Crippen LogP) is 0.0982. The molecular formula is C14H20N4O2. The number of carbonyl (C=O) groups excluding carboxylic acids is 1. The summed E-state index contributed by atoms with van der Waals surface area (Å²) < 4.78 is 5.37. The van der Waals surface area contributed by atoms with E-state index < -0.39 is 0 Å². The Balaban J connectivity index is 1.69. The molecule has 3 N–H and O–H groups in total. The molecule has 2 aliphatic rings. The van der Waals surface area contributed by atoms with Crippen LogP contribution in [0.1, 0.15) is 0 Å². The van der Waals surface area contributed by atoms with E-state index in [9.17, 15) is 4.79 Å². The van der Waals surface area contributed by atoms with E-state index in [1.165, 1.54) is 0 Å². The van der Waals surface area contributed by atoms with Gasteiger partial charge in [0.1, 0.15) is 5.75 Å². The summed E-state index contributed by atoms with van der Waals surface area (Å²) >= 11 is 0. The maximum absolute atomic E-state index is 11.4. The van der Waals surface area contributed by atoms with Gasteiger partial charge < -0.3 is 20.7 Å². The number of amides is 1. The number of anilines is 2. The summed E-state index contributed by atoms with van der Waals surface area (Å²) in [6.07, 6.45) is 0. The van der Waals surface area contributed by atoms with Crippen LogP contribution in [0.25, 0.3) is 0 Å². The van der Waals surface area contributed by atoms with Gasteiger partial charge in [0.15, 0.2) is 6.61 Å². The van der Waals surface area contributed by atoms with Gasteiger partial charge in [0.05, 0.1) is 5.69 Å². The highest BCUT2D eigenvalue weighted by Crippen LogP contribution is 2.32. The Kier molecular flexibility index (Phi) is 3.75. The summed E-state index contributed by atoms with van der Waals surface area (Å²) in [5, 5.41) is 2.85. The standard InChI is InChI=1S/C14H20N4O2/c15-3-4-17-5-7-18(8-6-17)11-1-2-13-12(9-11)16-14(19)10-20-13/h1-2,9H,3-8,10,15H2,(H,16,19). The van der Waals surface area contributed by atoms with E-state index in [0.717, 1.165) is 49.8 Å². The lowest BCUT2D eigenvalue weighted by Gasteiger charge is -2.36. The number of hydrogen-bond donors (Lipinski definition) is 2. The second kappa shape index (κ2) is 5.68. The van der Waals surface area contributed by atoms with Crippen LogP contribution in [-0.2, 0) is 4.79 Å². The Morgan fingerprint density at radius 3 is 2.80 bits per heavy atom. The van der Waals surface area contributed by atoms with Gasteiger partial charge in [0, 0.05) is 45.0 Å². The van der Waals surface area contributed by atoms with E-state index in [1.807, 2.05) is 12.1 Å². The highest BCUT2D eigenvalue weighted by Gasteiger charge is 2.20. The molecule has 20 heavy (non-hydrogen) atoms. The van der Waals surface area contributed by atoms with Gasteiger partial charge in [-0.2, -0.15) is 0 Å². The molecule has 1 aromatic carbocycles. The first-order valence-electron chi connectivity index (χ1n) is 7.00. The van der Waals surface area contributed by atoms with Crippen molar-refractivity contribution in [3.63, 3.8) is 0 Å². The third-order valence-electron chi connectivity index (χ3n) is 3.78. The van der Waals surface area contributed by atoms with Crippen LogP contribution in [0.3, 0.4) is 0 Å². The van der Waals surface area contributed by atoms with E-state index in [1.54, 1.807) is 0 Å². The van der Waals surface area contributed by atoms with Crippen molar-refractivity contribution in [3.05, 3.63) is 18.2 Å². The third kappa shape index (κ3) is 2.71. The van der Waals surface area contributed by atoms with Crippen molar-refractivity contribution >= 4 is 17.3 Å². The highest BCUT2D eigenvalue weighted by molar-refractivity contribution is 5.96. The number of fused-ring (bicyclic) bond motifs is 1. The van der Waals surface area contributed by atoms with Crippen LogP contribution in [0.2, 0.25) is 0 Å². The molecule has 6 heteroatoms. The SMILES string of the molecule is NCCN1CCN(c2ccc3c(c2)NC(=O)CO3)CC1. The average Bonchev–Trinajstić information content (AvgIpc) is 2.47. The lowest BCUT2D eigenvalue weighted by molar-refractivity contribution is -0.118. The van der Waals surface area contributed by atoms with Gasteiger partial charge in [-0.05, 0) is 18.2 Å². The third-order valence-corrected chi connectivity index (χ3v) is 3.78. The van der Waals surface area contributed by atoms with Crippen LogP contribution in [0, 0.1) is 0 Å². The molecule has 6 nitrogen and oxygen atoms in total. The van der Waals surface area contributed by atoms with E-state index >= 15 is 0 Å². The Hall–Kier alpha value is -1.79. The van der Waals surface area contributed by atoms with Crippen molar-refractivity contribution in [1.82, 2.24) is 4.90 Å². The zero-order valence-electron chi connectivity index (χ0n) is 11.5. The van der Waals surface area contributed by atoms with Gasteiger partial charge in [-0.25, -0.2) is 0 Å². The molecule has 1 aromatic rings. The first-order valence-corrected chi connectivity index (χ1v) is 7.00. The number of benzene rings is 1. The van der Waals surface area contributed by atoms with E-state index in [4.69, 9.17) is 10.5 Å². The van der Waals surface area contributed by atoms with Crippen LogP contribution >= 0.6 is 0 Å². The molecular weight excluding hydrogens is 256 g/mol. The van der Waals surface area contributed by atoms with Gasteiger partial charge in [0.2, 0.25) is 0 Å². The van der Waals surface area contributed by atoms with Crippen LogP contribution in [0.15, 0.2) is 18.2 Å². The van der Waals surface area contributed by atoms with Gasteiger partial charge in [-0.1, -0.05) is 0 Å². The molecule has 1 fully saturated rings. The fourth-order valence-electron chi connectivity index (χ4n) is 2.68. The van der Waals surface area contributed by atoms with Crippen LogP contribution < -0.4 is 20.7 Å². The monoisotopic (exact) mass is 276 g/mol. The average molecular weight is 276 g/mol. The van der Waals surface area contributed by atoms with Crippen molar-refractivity contribution in [1.29, 1.82) is 0 Å². The lowest BCUT2D eigenvalue weighted by atomic mass is 10.2. The summed E-state index contributed by atoms with van der Waals surface area (Å²) in [7, 11) is 0. The number of nitrogens with zero attached hydrogens (tertiary/aromatic N) is 2. The van der Waals surface area contributed by atoms with Crippen LogP contribution in [0.4, 0.5) is 11.4 Å². The molecule has 0 radical (unpaired) electrons. The minimum atomic E-state index is -0.0950. The first kappa shape index (κ1) is 13.2. The van der Waals surface area contributed by atoms with E-state index in [0.29, 0.717) is 6.54 Å². The van der Waals surface area contributed by atoms with Crippen molar-refractivity contribution in [3.8, 4) is 5.75 Å². The zero-order chi connectivity index (χ0) is 13.9. The van der Waals surface area contributed by atoms with Gasteiger partial charge in [0.25, 0.3) is 5.91 Å². The maximum Gasteiger partial charge on any atom is 0.262 e.